The van der Waals surface area contributed by atoms with E-state index >= 15 is 0 Å². The summed E-state index contributed by atoms with van der Waals surface area (Å²) >= 11 is 0. The molecule has 3 aliphatic rings. The Kier molecular flexibility index (Phi) is 5.46. The number of allylic oxidation sites excluding steroid dienone is 2. The molecule has 1 saturated heterocycles. The van der Waals surface area contributed by atoms with Gasteiger partial charge in [-0.1, -0.05) is 24.3 Å². The predicted molar refractivity (Wildman–Crippen MR) is 117 cm³/mol. The molecule has 1 heterocycles. The van der Waals surface area contributed by atoms with Gasteiger partial charge in [0.25, 0.3) is 5.91 Å². The zero-order valence-corrected chi connectivity index (χ0v) is 18.1. The number of para-hydroxylation sites is 1. The second-order valence-electron chi connectivity index (χ2n) is 8.73. The summed E-state index contributed by atoms with van der Waals surface area (Å²) in [5.41, 5.74) is -1.07. The van der Waals surface area contributed by atoms with Crippen LogP contribution in [0.1, 0.15) is 22.3 Å². The highest BCUT2D eigenvalue weighted by Gasteiger charge is 2.59. The van der Waals surface area contributed by atoms with Gasteiger partial charge in [0.05, 0.1) is 34.3 Å². The molecular weight excluding hydrogens is 465 g/mol. The van der Waals surface area contributed by atoms with Gasteiger partial charge in [0.1, 0.15) is 0 Å². The number of benzene rings is 2. The highest BCUT2D eigenvalue weighted by atomic mass is 19.4. The Labute approximate surface area is 197 Å². The van der Waals surface area contributed by atoms with Gasteiger partial charge in [-0.3, -0.25) is 19.3 Å². The number of imide groups is 1. The van der Waals surface area contributed by atoms with Gasteiger partial charge in [-0.15, -0.1) is 0 Å². The minimum absolute atomic E-state index is 0.0540. The number of alkyl halides is 3. The maximum Gasteiger partial charge on any atom is 0.418 e. The third-order valence-corrected chi connectivity index (χ3v) is 6.67. The monoisotopic (exact) mass is 484 g/mol. The van der Waals surface area contributed by atoms with Crippen molar-refractivity contribution in [3.05, 3.63) is 71.8 Å². The van der Waals surface area contributed by atoms with Crippen LogP contribution in [0.25, 0.3) is 0 Å². The fourth-order valence-corrected chi connectivity index (χ4v) is 5.14. The Hall–Kier alpha value is -3.95. The standard InChI is InChI=1S/C25H19F3N2O5/c26-25(27,28)17-3-1-2-4-18(17)29-19(31)12-35-24(34)13-7-9-16(10-8-13)30-22(32)20-14-5-6-15(11-14)21(20)23(30)33/h1-10,14-15,20-21H,11-12H2,(H,29,31)/t14-,15-,20+,21+/m0/s1. The molecular formula is C25H19F3N2O5. The topological polar surface area (TPSA) is 92.8 Å². The van der Waals surface area contributed by atoms with E-state index in [2.05, 4.69) is 5.32 Å². The zero-order valence-electron chi connectivity index (χ0n) is 18.1. The lowest BCUT2D eigenvalue weighted by Gasteiger charge is -2.17. The molecule has 2 fully saturated rings. The first-order valence-corrected chi connectivity index (χ1v) is 10.9. The molecule has 0 unspecified atom stereocenters. The Morgan fingerprint density at radius 3 is 2.14 bits per heavy atom. The van der Waals surface area contributed by atoms with E-state index in [0.717, 1.165) is 23.5 Å². The van der Waals surface area contributed by atoms with Gasteiger partial charge in [-0.2, -0.15) is 13.2 Å². The van der Waals surface area contributed by atoms with E-state index in [1.165, 1.54) is 36.4 Å². The van der Waals surface area contributed by atoms with Crippen molar-refractivity contribution in [1.82, 2.24) is 0 Å². The number of anilines is 2. The molecule has 0 spiro atoms. The summed E-state index contributed by atoms with van der Waals surface area (Å²) in [5, 5.41) is 2.09. The number of amides is 3. The van der Waals surface area contributed by atoms with Crippen LogP contribution in [0.5, 0.6) is 0 Å². The van der Waals surface area contributed by atoms with Crippen LogP contribution in [-0.4, -0.2) is 30.3 Å². The molecule has 1 aliphatic heterocycles. The molecule has 3 amide bonds. The molecule has 10 heteroatoms. The summed E-state index contributed by atoms with van der Waals surface area (Å²) in [6.07, 6.45) is 0.158. The number of carbonyl (C=O) groups excluding carboxylic acids is 4. The molecule has 1 N–H and O–H groups in total. The average molecular weight is 484 g/mol. The van der Waals surface area contributed by atoms with Gasteiger partial charge in [0, 0.05) is 0 Å². The van der Waals surface area contributed by atoms with Crippen molar-refractivity contribution in [2.45, 2.75) is 12.6 Å². The van der Waals surface area contributed by atoms with Gasteiger partial charge >= 0.3 is 12.1 Å². The van der Waals surface area contributed by atoms with Crippen LogP contribution in [0.15, 0.2) is 60.7 Å². The van der Waals surface area contributed by atoms with E-state index in [-0.39, 0.29) is 41.0 Å². The number of rotatable bonds is 5. The van der Waals surface area contributed by atoms with Crippen LogP contribution < -0.4 is 10.2 Å². The molecule has 2 aliphatic carbocycles. The highest BCUT2D eigenvalue weighted by molar-refractivity contribution is 6.22. The Bertz CT molecular complexity index is 1220. The van der Waals surface area contributed by atoms with Crippen molar-refractivity contribution in [1.29, 1.82) is 0 Å². The fraction of sp³-hybridized carbons (Fsp3) is 0.280. The van der Waals surface area contributed by atoms with Crippen LogP contribution >= 0.6 is 0 Å². The Morgan fingerprint density at radius 1 is 0.943 bits per heavy atom. The molecule has 4 atom stereocenters. The SMILES string of the molecule is O=C(COC(=O)c1ccc(N2C(=O)[C@H]3[C@H](C2=O)[C@H]2C=C[C@H]3C2)cc1)Nc1ccccc1C(F)(F)F. The summed E-state index contributed by atoms with van der Waals surface area (Å²) in [6, 6.07) is 10.1. The predicted octanol–water partition coefficient (Wildman–Crippen LogP) is 3.81. The summed E-state index contributed by atoms with van der Waals surface area (Å²) in [6.45, 7) is -0.797. The van der Waals surface area contributed by atoms with Gasteiger partial charge in [-0.05, 0) is 54.7 Å². The molecule has 1 saturated carbocycles. The Morgan fingerprint density at radius 2 is 1.54 bits per heavy atom. The maximum absolute atomic E-state index is 13.0. The van der Waals surface area contributed by atoms with E-state index in [9.17, 15) is 32.3 Å². The summed E-state index contributed by atoms with van der Waals surface area (Å²) in [5.74, 6) is -2.84. The first-order valence-electron chi connectivity index (χ1n) is 10.9. The number of nitrogens with one attached hydrogen (secondary N) is 1. The third kappa shape index (κ3) is 3.98. The molecule has 180 valence electrons. The number of fused-ring (bicyclic) bond motifs is 5. The third-order valence-electron chi connectivity index (χ3n) is 6.67. The van der Waals surface area contributed by atoms with Crippen molar-refractivity contribution < 1.29 is 37.1 Å². The summed E-state index contributed by atoms with van der Waals surface area (Å²) < 4.78 is 44.1. The van der Waals surface area contributed by atoms with Crippen molar-refractivity contribution in [3.8, 4) is 0 Å². The fourth-order valence-electron chi connectivity index (χ4n) is 5.14. The number of halogens is 3. The minimum atomic E-state index is -4.66. The van der Waals surface area contributed by atoms with Crippen LogP contribution in [0.3, 0.4) is 0 Å². The zero-order chi connectivity index (χ0) is 24.9. The molecule has 2 aromatic carbocycles. The number of hydrogen-bond acceptors (Lipinski definition) is 5. The maximum atomic E-state index is 13.0. The average Bonchev–Trinajstić information content (AvgIpc) is 3.51. The number of hydrogen-bond donors (Lipinski definition) is 1. The van der Waals surface area contributed by atoms with Crippen molar-refractivity contribution >= 4 is 35.1 Å². The summed E-state index contributed by atoms with van der Waals surface area (Å²) in [4.78, 5) is 51.3. The van der Waals surface area contributed by atoms with Crippen molar-refractivity contribution in [2.24, 2.45) is 23.7 Å². The second-order valence-corrected chi connectivity index (χ2v) is 8.73. The van der Waals surface area contributed by atoms with E-state index < -0.39 is 35.9 Å². The lowest BCUT2D eigenvalue weighted by Crippen LogP contribution is -2.32. The molecule has 2 aromatic rings. The number of nitrogens with zero attached hydrogens (tertiary/aromatic N) is 1. The van der Waals surface area contributed by atoms with Crippen LogP contribution in [0, 0.1) is 23.7 Å². The lowest BCUT2D eigenvalue weighted by molar-refractivity contribution is -0.137. The molecule has 2 bridgehead atoms. The first kappa shape index (κ1) is 22.8. The molecule has 5 rings (SSSR count). The Balaban J connectivity index is 1.20. The van der Waals surface area contributed by atoms with E-state index in [1.807, 2.05) is 12.2 Å². The van der Waals surface area contributed by atoms with Crippen molar-refractivity contribution in [3.63, 3.8) is 0 Å². The normalized spacial score (nSPS) is 24.6. The largest absolute Gasteiger partial charge is 0.452 e. The number of esters is 1. The first-order chi connectivity index (χ1) is 16.6. The van der Waals surface area contributed by atoms with Crippen LogP contribution in [-0.2, 0) is 25.3 Å². The summed E-state index contributed by atoms with van der Waals surface area (Å²) in [7, 11) is 0. The van der Waals surface area contributed by atoms with Gasteiger partial charge < -0.3 is 10.1 Å². The molecule has 35 heavy (non-hydrogen) atoms. The van der Waals surface area contributed by atoms with E-state index in [0.29, 0.717) is 5.69 Å². The second kappa shape index (κ2) is 8.37. The van der Waals surface area contributed by atoms with Crippen molar-refractivity contribution in [2.75, 3.05) is 16.8 Å². The minimum Gasteiger partial charge on any atom is -0.452 e. The number of carbonyl (C=O) groups is 4. The van der Waals surface area contributed by atoms with Crippen LogP contribution in [0.2, 0.25) is 0 Å². The lowest BCUT2D eigenvalue weighted by atomic mass is 9.85. The molecule has 0 radical (unpaired) electrons. The van der Waals surface area contributed by atoms with E-state index in [4.69, 9.17) is 4.74 Å². The molecule has 0 aromatic heterocycles. The smallest absolute Gasteiger partial charge is 0.418 e. The number of ether oxygens (including phenoxy) is 1. The van der Waals surface area contributed by atoms with Gasteiger partial charge in [-0.25, -0.2) is 4.79 Å². The van der Waals surface area contributed by atoms with Crippen LogP contribution in [0.4, 0.5) is 24.5 Å². The molecule has 7 nitrogen and oxygen atoms in total. The highest BCUT2D eigenvalue weighted by Crippen LogP contribution is 2.53. The van der Waals surface area contributed by atoms with Gasteiger partial charge in [0.2, 0.25) is 11.8 Å². The van der Waals surface area contributed by atoms with Gasteiger partial charge in [0.15, 0.2) is 6.61 Å². The van der Waals surface area contributed by atoms with E-state index in [1.54, 1.807) is 0 Å². The quantitative estimate of drug-likeness (QED) is 0.396.